The maximum atomic E-state index is 9.55. The van der Waals surface area contributed by atoms with Crippen LogP contribution in [0.2, 0.25) is 0 Å². The van der Waals surface area contributed by atoms with E-state index in [0.717, 1.165) is 31.2 Å². The normalized spacial score (nSPS) is 43.6. The van der Waals surface area contributed by atoms with E-state index in [1.165, 1.54) is 0 Å². The molecule has 2 aliphatic rings. The smallest absolute Gasteiger partial charge is 0.0611 e. The zero-order valence-electron chi connectivity index (χ0n) is 20.8. The van der Waals surface area contributed by atoms with Crippen LogP contribution in [0, 0.1) is 5.89 Å². The Balaban J connectivity index is 1.96. The van der Waals surface area contributed by atoms with Gasteiger partial charge in [-0.1, -0.05) is 57.2 Å². The molecule has 0 amide bonds. The lowest BCUT2D eigenvalue weighted by molar-refractivity contribution is 0.198. The van der Waals surface area contributed by atoms with Gasteiger partial charge in [0, 0.05) is 13.8 Å². The van der Waals surface area contributed by atoms with Gasteiger partial charge in [-0.3, -0.25) is 0 Å². The Morgan fingerprint density at radius 2 is 2.21 bits per heavy atom. The molecule has 3 rings (SSSR count). The van der Waals surface area contributed by atoms with Gasteiger partial charge in [-0.15, -0.1) is 0 Å². The van der Waals surface area contributed by atoms with Gasteiger partial charge in [-0.05, 0) is 66.9 Å². The number of aliphatic hydroxyl groups excluding tert-OH is 1. The molecule has 2 aliphatic carbocycles. The molecule has 0 radical (unpaired) electrons. The van der Waals surface area contributed by atoms with E-state index in [1.807, 2.05) is 6.07 Å². The van der Waals surface area contributed by atoms with Gasteiger partial charge < -0.3 is 10.8 Å². The van der Waals surface area contributed by atoms with Crippen molar-refractivity contribution in [3.05, 3.63) is 34.9 Å². The van der Waals surface area contributed by atoms with E-state index in [0.29, 0.717) is 24.8 Å². The molecule has 0 heterocycles. The summed E-state index contributed by atoms with van der Waals surface area (Å²) < 4.78 is 52.3. The minimum absolute atomic E-state index is 0.0787. The highest BCUT2D eigenvalue weighted by Crippen LogP contribution is 2.40. The van der Waals surface area contributed by atoms with Crippen LogP contribution in [-0.2, 0) is 12.8 Å². The van der Waals surface area contributed by atoms with E-state index in [1.54, 1.807) is 12.1 Å². The zero-order chi connectivity index (χ0) is 22.4. The number of aryl methyl sites for hydroxylation is 1. The minimum Gasteiger partial charge on any atom is -0.394 e. The Hall–Kier alpha value is -0.860. The molecule has 2 heteroatoms. The Morgan fingerprint density at radius 1 is 1.33 bits per heavy atom. The Kier molecular flexibility index (Phi) is 3.91. The third-order valence-electron chi connectivity index (χ3n) is 5.49. The number of unbranched alkanes of at least 4 members (excludes halogenated alkanes) is 3. The zero-order valence-corrected chi connectivity index (χ0v) is 14.8. The molecule has 2 nitrogen and oxygen atoms in total. The number of rotatable bonds is 7. The lowest BCUT2D eigenvalue weighted by Crippen LogP contribution is -2.40. The molecule has 24 heavy (non-hydrogen) atoms. The van der Waals surface area contributed by atoms with Crippen molar-refractivity contribution in [2.45, 2.75) is 88.9 Å². The Labute approximate surface area is 156 Å². The van der Waals surface area contributed by atoms with E-state index in [-0.39, 0.29) is 24.5 Å². The predicted octanol–water partition coefficient (Wildman–Crippen LogP) is 4.72. The van der Waals surface area contributed by atoms with Crippen LogP contribution >= 0.6 is 0 Å². The molecule has 1 aromatic rings. The van der Waals surface area contributed by atoms with Crippen LogP contribution in [0.4, 0.5) is 0 Å². The number of fused-ring (bicyclic) bond motifs is 1. The van der Waals surface area contributed by atoms with Gasteiger partial charge >= 0.3 is 0 Å². The number of aliphatic hydroxyl groups is 1. The first-order valence-electron chi connectivity index (χ1n) is 12.5. The van der Waals surface area contributed by atoms with Crippen molar-refractivity contribution in [2.75, 3.05) is 6.61 Å². The van der Waals surface area contributed by atoms with Crippen molar-refractivity contribution in [2.24, 2.45) is 11.6 Å². The van der Waals surface area contributed by atoms with Crippen molar-refractivity contribution in [3.8, 4) is 0 Å². The average Bonchev–Trinajstić information content (AvgIpc) is 3.12. The maximum Gasteiger partial charge on any atom is 0.0611 e. The first-order valence-corrected chi connectivity index (χ1v) is 9.40. The van der Waals surface area contributed by atoms with Crippen LogP contribution in [0.3, 0.4) is 0 Å². The fraction of sp³-hybridized carbons (Fsp3) is 0.727. The Morgan fingerprint density at radius 3 is 2.96 bits per heavy atom. The summed E-state index contributed by atoms with van der Waals surface area (Å²) in [5.41, 5.74) is 7.07. The highest BCUT2D eigenvalue weighted by molar-refractivity contribution is 5.36. The predicted molar refractivity (Wildman–Crippen MR) is 101 cm³/mol. The van der Waals surface area contributed by atoms with Gasteiger partial charge in [0.15, 0.2) is 0 Å². The monoisotopic (exact) mass is 335 g/mol. The van der Waals surface area contributed by atoms with Crippen LogP contribution in [0.1, 0.15) is 95.5 Å². The topological polar surface area (TPSA) is 46.2 Å². The minimum atomic E-state index is -2.48. The van der Waals surface area contributed by atoms with E-state index in [9.17, 15) is 5.11 Å². The third-order valence-corrected chi connectivity index (χ3v) is 5.49. The number of benzene rings is 1. The molecular formula is C22H35NO. The van der Waals surface area contributed by atoms with Crippen molar-refractivity contribution in [1.29, 1.82) is 0 Å². The third kappa shape index (κ3) is 4.21. The lowest BCUT2D eigenvalue weighted by atomic mass is 9.79. The summed E-state index contributed by atoms with van der Waals surface area (Å²) in [6.45, 7) is 1.99. The summed E-state index contributed by atoms with van der Waals surface area (Å²) in [6, 6.07) is 5.29. The summed E-state index contributed by atoms with van der Waals surface area (Å²) in [5, 5.41) is 9.55. The molecule has 1 saturated carbocycles. The van der Waals surface area contributed by atoms with Crippen LogP contribution in [0.15, 0.2) is 18.2 Å². The number of nitrogens with two attached hydrogens (primary N) is 1. The van der Waals surface area contributed by atoms with E-state index >= 15 is 0 Å². The number of hydrogen-bond donors (Lipinski definition) is 2. The van der Waals surface area contributed by atoms with Crippen molar-refractivity contribution >= 4 is 0 Å². The molecule has 0 spiro atoms. The lowest BCUT2D eigenvalue weighted by Gasteiger charge is -2.26. The quantitative estimate of drug-likeness (QED) is 0.708. The van der Waals surface area contributed by atoms with Gasteiger partial charge in [0.1, 0.15) is 0 Å². The summed E-state index contributed by atoms with van der Waals surface area (Å²) >= 11 is 0. The van der Waals surface area contributed by atoms with Crippen LogP contribution < -0.4 is 5.73 Å². The van der Waals surface area contributed by atoms with Crippen LogP contribution in [-0.4, -0.2) is 17.3 Å². The van der Waals surface area contributed by atoms with Crippen molar-refractivity contribution in [1.82, 2.24) is 0 Å². The molecule has 0 aromatic heterocycles. The summed E-state index contributed by atoms with van der Waals surface area (Å²) in [5.74, 6) is -1.76. The second kappa shape index (κ2) is 8.01. The first-order chi connectivity index (χ1) is 13.9. The molecule has 1 unspecified atom stereocenters. The highest BCUT2D eigenvalue weighted by atomic mass is 16.3. The summed E-state index contributed by atoms with van der Waals surface area (Å²) in [4.78, 5) is 0. The molecule has 0 aliphatic heterocycles. The SMILES string of the molecule is [2H]C1c2ccc([C@H]3CC[C@](N)(CO)C3)cc2C([2H])([2H])C([2H])([2H])[C@@]1([2H])CCCCCC. The summed E-state index contributed by atoms with van der Waals surface area (Å²) in [7, 11) is 0. The van der Waals surface area contributed by atoms with E-state index < -0.39 is 30.6 Å². The van der Waals surface area contributed by atoms with Gasteiger partial charge in [-0.25, -0.2) is 0 Å². The molecule has 0 bridgehead atoms. The highest BCUT2D eigenvalue weighted by Gasteiger charge is 2.36. The van der Waals surface area contributed by atoms with Crippen molar-refractivity contribution in [3.63, 3.8) is 0 Å². The van der Waals surface area contributed by atoms with E-state index in [4.69, 9.17) is 14.0 Å². The second-order valence-corrected chi connectivity index (χ2v) is 7.54. The molecular weight excluding hydrogens is 294 g/mol. The van der Waals surface area contributed by atoms with Gasteiger partial charge in [-0.2, -0.15) is 0 Å². The standard InChI is InChI=1S/C22H35NO/c1-2-3-4-5-6-17-7-8-19-14-20(10-9-18(19)13-17)21-11-12-22(23,15-21)16-24/h9-10,14,17,21,24H,2-8,11-13,15-16,23H2,1H3/t17-,21+,22-/m1/s1/i7D2,8D2,13D,17D/t13?,17-,21+,22-. The maximum absolute atomic E-state index is 9.55. The fourth-order valence-corrected chi connectivity index (χ4v) is 3.89. The fourth-order valence-electron chi connectivity index (χ4n) is 3.89. The first kappa shape index (κ1) is 11.7. The molecule has 1 aromatic carbocycles. The van der Waals surface area contributed by atoms with Gasteiger partial charge in [0.2, 0.25) is 0 Å². The summed E-state index contributed by atoms with van der Waals surface area (Å²) in [6.07, 6.45) is -0.241. The van der Waals surface area contributed by atoms with Crippen LogP contribution in [0.5, 0.6) is 0 Å². The van der Waals surface area contributed by atoms with Crippen LogP contribution in [0.25, 0.3) is 0 Å². The second-order valence-electron chi connectivity index (χ2n) is 7.54. The molecule has 3 N–H and O–H groups in total. The molecule has 134 valence electrons. The van der Waals surface area contributed by atoms with Gasteiger partial charge in [0.05, 0.1) is 6.61 Å². The molecule has 1 fully saturated rings. The Bertz CT molecular complexity index is 772. The van der Waals surface area contributed by atoms with Crippen molar-refractivity contribution < 1.29 is 13.3 Å². The average molecular weight is 336 g/mol. The van der Waals surface area contributed by atoms with E-state index in [2.05, 4.69) is 6.92 Å². The molecule has 0 saturated heterocycles. The molecule has 4 atom stereocenters. The largest absolute Gasteiger partial charge is 0.394 e. The van der Waals surface area contributed by atoms with Gasteiger partial charge in [0.25, 0.3) is 0 Å². The number of hydrogen-bond acceptors (Lipinski definition) is 2.